The molecule has 0 atom stereocenters. The third-order valence-corrected chi connectivity index (χ3v) is 4.87. The van der Waals surface area contributed by atoms with Crippen LogP contribution in [0.15, 0.2) is 47.4 Å². The fourth-order valence-electron chi connectivity index (χ4n) is 2.20. The van der Waals surface area contributed by atoms with Gasteiger partial charge in [0.1, 0.15) is 0 Å². The van der Waals surface area contributed by atoms with Crippen LogP contribution in [0.4, 0.5) is 11.4 Å². The number of hydrogen-bond donors (Lipinski definition) is 2. The van der Waals surface area contributed by atoms with Gasteiger partial charge in [0.2, 0.25) is 0 Å². The van der Waals surface area contributed by atoms with Crippen LogP contribution in [0.2, 0.25) is 0 Å². The highest BCUT2D eigenvalue weighted by Gasteiger charge is 2.15. The molecule has 0 bridgehead atoms. The van der Waals surface area contributed by atoms with Crippen LogP contribution in [0.5, 0.6) is 0 Å². The maximum Gasteiger partial charge on any atom is 0.262 e. The quantitative estimate of drug-likeness (QED) is 0.768. The van der Waals surface area contributed by atoms with Gasteiger partial charge in [-0.2, -0.15) is 0 Å². The van der Waals surface area contributed by atoms with Gasteiger partial charge in [-0.05, 0) is 55.0 Å². The first-order valence-electron chi connectivity index (χ1n) is 7.49. The maximum absolute atomic E-state index is 12.4. The third-order valence-electron chi connectivity index (χ3n) is 3.59. The fourth-order valence-corrected chi connectivity index (χ4v) is 3.01. The lowest BCUT2D eigenvalue weighted by Crippen LogP contribution is -2.22. The van der Waals surface area contributed by atoms with E-state index in [1.807, 2.05) is 49.0 Å². The average molecular weight is 363 g/mol. The molecule has 0 aromatic heterocycles. The molecule has 0 saturated carbocycles. The van der Waals surface area contributed by atoms with Gasteiger partial charge in [0.15, 0.2) is 0 Å². The molecule has 0 aliphatic heterocycles. The number of amides is 1. The van der Waals surface area contributed by atoms with Gasteiger partial charge in [-0.15, -0.1) is 0 Å². The van der Waals surface area contributed by atoms with Crippen LogP contribution in [0, 0.1) is 6.92 Å². The van der Waals surface area contributed by atoms with Crippen molar-refractivity contribution in [2.45, 2.75) is 11.8 Å². The smallest absolute Gasteiger partial charge is 0.262 e. The Morgan fingerprint density at radius 2 is 1.72 bits per heavy atom. The van der Waals surface area contributed by atoms with Crippen molar-refractivity contribution in [3.63, 3.8) is 0 Å². The van der Waals surface area contributed by atoms with E-state index in [0.29, 0.717) is 11.3 Å². The normalized spacial score (nSPS) is 11.2. The Morgan fingerprint density at radius 1 is 1.08 bits per heavy atom. The van der Waals surface area contributed by atoms with Crippen LogP contribution >= 0.6 is 0 Å². The predicted octanol–water partition coefficient (Wildman–Crippen LogP) is 2.15. The first-order valence-corrected chi connectivity index (χ1v) is 8.97. The van der Waals surface area contributed by atoms with E-state index < -0.39 is 10.0 Å². The molecule has 0 saturated heterocycles. The summed E-state index contributed by atoms with van der Waals surface area (Å²) in [6.45, 7) is 1.91. The second kappa shape index (κ2) is 7.64. The number of anilines is 2. The van der Waals surface area contributed by atoms with Gasteiger partial charge >= 0.3 is 0 Å². The van der Waals surface area contributed by atoms with Gasteiger partial charge < -0.3 is 10.2 Å². The van der Waals surface area contributed by atoms with Crippen LogP contribution in [-0.4, -0.2) is 35.5 Å². The summed E-state index contributed by atoms with van der Waals surface area (Å²) in [5.41, 5.74) is 3.03. The Balaban J connectivity index is 2.16. The number of benzene rings is 2. The van der Waals surface area contributed by atoms with Crippen LogP contribution in [0.3, 0.4) is 0 Å². The van der Waals surface area contributed by atoms with E-state index in [1.165, 1.54) is 31.4 Å². The van der Waals surface area contributed by atoms with Crippen molar-refractivity contribution in [2.24, 2.45) is 0 Å². The van der Waals surface area contributed by atoms with E-state index in [9.17, 15) is 13.2 Å². The third kappa shape index (κ3) is 4.56. The SMILES string of the molecule is CONS(=O)(=O)c1ccc(C(=O)Nc2ccc(N(C)C)cc2C)cc1. The zero-order valence-corrected chi connectivity index (χ0v) is 15.3. The molecule has 0 radical (unpaired) electrons. The first-order chi connectivity index (χ1) is 11.7. The highest BCUT2D eigenvalue weighted by Crippen LogP contribution is 2.22. The van der Waals surface area contributed by atoms with Gasteiger partial charge in [-0.25, -0.2) is 8.42 Å². The van der Waals surface area contributed by atoms with E-state index in [2.05, 4.69) is 10.2 Å². The number of hydrogen-bond acceptors (Lipinski definition) is 5. The Kier molecular flexibility index (Phi) is 5.78. The van der Waals surface area contributed by atoms with Crippen molar-refractivity contribution in [3.8, 4) is 0 Å². The number of carbonyl (C=O) groups is 1. The molecule has 0 heterocycles. The molecule has 2 aromatic carbocycles. The Labute approximate surface area is 147 Å². The van der Waals surface area contributed by atoms with Gasteiger partial charge in [-0.1, -0.05) is 4.89 Å². The minimum Gasteiger partial charge on any atom is -0.378 e. The Bertz CT molecular complexity index is 862. The molecule has 0 spiro atoms. The standard InChI is InChI=1S/C17H21N3O4S/c1-12-11-14(20(2)3)7-10-16(12)18-17(21)13-5-8-15(9-6-13)25(22,23)19-24-4/h5-11,19H,1-4H3,(H,18,21). The lowest BCUT2D eigenvalue weighted by Gasteiger charge is -2.15. The zero-order chi connectivity index (χ0) is 18.6. The zero-order valence-electron chi connectivity index (χ0n) is 14.5. The lowest BCUT2D eigenvalue weighted by atomic mass is 10.1. The van der Waals surface area contributed by atoms with Crippen LogP contribution < -0.4 is 15.1 Å². The van der Waals surface area contributed by atoms with Crippen LogP contribution in [0.25, 0.3) is 0 Å². The average Bonchev–Trinajstić information content (AvgIpc) is 2.56. The summed E-state index contributed by atoms with van der Waals surface area (Å²) in [6, 6.07) is 11.3. The molecule has 2 aromatic rings. The van der Waals surface area contributed by atoms with Gasteiger partial charge in [0, 0.05) is 31.0 Å². The number of nitrogens with zero attached hydrogens (tertiary/aromatic N) is 1. The van der Waals surface area contributed by atoms with Crippen molar-refractivity contribution in [2.75, 3.05) is 31.4 Å². The largest absolute Gasteiger partial charge is 0.378 e. The van der Waals surface area contributed by atoms with Gasteiger partial charge in [0.25, 0.3) is 15.9 Å². The molecular formula is C17H21N3O4S. The second-order valence-corrected chi connectivity index (χ2v) is 7.31. The summed E-state index contributed by atoms with van der Waals surface area (Å²) in [6.07, 6.45) is 0. The highest BCUT2D eigenvalue weighted by atomic mass is 32.2. The summed E-state index contributed by atoms with van der Waals surface area (Å²) in [5, 5.41) is 2.83. The number of aryl methyl sites for hydroxylation is 1. The molecule has 1 amide bonds. The van der Waals surface area contributed by atoms with Gasteiger partial charge in [-0.3, -0.25) is 9.63 Å². The van der Waals surface area contributed by atoms with Crippen LogP contribution in [-0.2, 0) is 14.9 Å². The van der Waals surface area contributed by atoms with E-state index in [4.69, 9.17) is 0 Å². The van der Waals surface area contributed by atoms with Crippen LogP contribution in [0.1, 0.15) is 15.9 Å². The molecule has 134 valence electrons. The van der Waals surface area contributed by atoms with Crippen molar-refractivity contribution in [1.82, 2.24) is 4.89 Å². The second-order valence-electron chi connectivity index (χ2n) is 5.66. The molecule has 2 N–H and O–H groups in total. The lowest BCUT2D eigenvalue weighted by molar-refractivity contribution is 0.102. The fraction of sp³-hybridized carbons (Fsp3) is 0.235. The Hall–Kier alpha value is -2.42. The molecule has 7 nitrogen and oxygen atoms in total. The predicted molar refractivity (Wildman–Crippen MR) is 97.2 cm³/mol. The minimum absolute atomic E-state index is 0.0115. The van der Waals surface area contributed by atoms with Crippen molar-refractivity contribution in [3.05, 3.63) is 53.6 Å². The van der Waals surface area contributed by atoms with E-state index in [0.717, 1.165) is 11.3 Å². The molecule has 0 aliphatic rings. The number of sulfonamides is 1. The molecule has 0 unspecified atom stereocenters. The van der Waals surface area contributed by atoms with E-state index in [-0.39, 0.29) is 10.8 Å². The topological polar surface area (TPSA) is 87.7 Å². The summed E-state index contributed by atoms with van der Waals surface area (Å²) in [5.74, 6) is -0.315. The Morgan fingerprint density at radius 3 is 2.24 bits per heavy atom. The van der Waals surface area contributed by atoms with E-state index in [1.54, 1.807) is 0 Å². The van der Waals surface area contributed by atoms with Gasteiger partial charge in [0.05, 0.1) is 12.0 Å². The van der Waals surface area contributed by atoms with Crippen molar-refractivity contribution >= 4 is 27.3 Å². The number of nitrogens with one attached hydrogen (secondary N) is 2. The van der Waals surface area contributed by atoms with Crippen molar-refractivity contribution in [1.29, 1.82) is 0 Å². The molecule has 8 heteroatoms. The summed E-state index contributed by atoms with van der Waals surface area (Å²) >= 11 is 0. The number of carbonyl (C=O) groups excluding carboxylic acids is 1. The monoisotopic (exact) mass is 363 g/mol. The van der Waals surface area contributed by atoms with E-state index >= 15 is 0 Å². The first kappa shape index (κ1) is 18.9. The molecule has 0 fully saturated rings. The molecular weight excluding hydrogens is 342 g/mol. The summed E-state index contributed by atoms with van der Waals surface area (Å²) < 4.78 is 23.6. The molecule has 0 aliphatic carbocycles. The minimum atomic E-state index is -3.74. The number of rotatable bonds is 6. The van der Waals surface area contributed by atoms with Crippen molar-refractivity contribution < 1.29 is 18.0 Å². The summed E-state index contributed by atoms with van der Waals surface area (Å²) in [4.78, 5) is 20.7. The summed E-state index contributed by atoms with van der Waals surface area (Å²) in [7, 11) is 1.36. The maximum atomic E-state index is 12.4. The highest BCUT2D eigenvalue weighted by molar-refractivity contribution is 7.89. The molecule has 2 rings (SSSR count). The molecule has 25 heavy (non-hydrogen) atoms.